The molecule has 0 bridgehead atoms. The molecule has 9 aromatic heterocycles. The molecular weight excluding hydrogens is 1030 g/mol. The summed E-state index contributed by atoms with van der Waals surface area (Å²) in [6.45, 7) is 4.10. The SMILES string of the molecule is CCc1ccnc(Cl)n1.CCc1ccncn1.COc1ccc(Cl)cc1.COc1cncnc1.COc1ncncn1.Nc1ccncc1.c1cc2nc[nH]c2cn1.c1ccc2cnccc2c1.c1ccc2cnccc2c1. The van der Waals surface area contributed by atoms with Crippen LogP contribution in [0.25, 0.3) is 32.6 Å². The van der Waals surface area contributed by atoms with Crippen molar-refractivity contribution in [3.05, 3.63) is 243 Å². The van der Waals surface area contributed by atoms with Crippen molar-refractivity contribution in [2.24, 2.45) is 0 Å². The fourth-order valence-electron chi connectivity index (χ4n) is 5.59. The van der Waals surface area contributed by atoms with E-state index in [-0.39, 0.29) is 0 Å². The maximum atomic E-state index is 5.61. The average molecular weight is 1090 g/mol. The summed E-state index contributed by atoms with van der Waals surface area (Å²) in [6, 6.07) is 37.1. The van der Waals surface area contributed by atoms with Crippen LogP contribution in [0.5, 0.6) is 17.5 Å². The molecule has 0 saturated heterocycles. The van der Waals surface area contributed by atoms with E-state index >= 15 is 0 Å². The Bertz CT molecular complexity index is 3070. The van der Waals surface area contributed by atoms with E-state index in [9.17, 15) is 0 Å². The zero-order valence-corrected chi connectivity index (χ0v) is 45.0. The molecule has 12 rings (SSSR count). The van der Waals surface area contributed by atoms with Crippen LogP contribution in [-0.2, 0) is 12.8 Å². The summed E-state index contributed by atoms with van der Waals surface area (Å²) in [5.74, 6) is 1.52. The van der Waals surface area contributed by atoms with Crippen molar-refractivity contribution in [3.63, 3.8) is 0 Å². The van der Waals surface area contributed by atoms with Crippen LogP contribution in [0, 0.1) is 0 Å². The van der Waals surface area contributed by atoms with E-state index in [1.165, 1.54) is 47.6 Å². The molecule has 0 aliphatic rings. The number of methoxy groups -OCH3 is 3. The molecule has 78 heavy (non-hydrogen) atoms. The molecule has 12 aromatic rings. The smallest absolute Gasteiger partial charge is 0.319 e. The number of nitrogens with two attached hydrogens (primary N) is 1. The second kappa shape index (κ2) is 37.9. The lowest BCUT2D eigenvalue weighted by Gasteiger charge is -1.96. The Morgan fingerprint density at radius 2 is 0.974 bits per heavy atom. The third-order valence-electron chi connectivity index (χ3n) is 9.55. The molecule has 9 heterocycles. The molecule has 0 atom stereocenters. The molecule has 0 unspecified atom stereocenters. The van der Waals surface area contributed by atoms with E-state index in [0.717, 1.165) is 51.7 Å². The Kier molecular flexibility index (Phi) is 29.6. The first-order chi connectivity index (χ1) is 38.2. The number of ether oxygens (including phenoxy) is 3. The van der Waals surface area contributed by atoms with Gasteiger partial charge in [0.2, 0.25) is 5.28 Å². The lowest BCUT2D eigenvalue weighted by molar-refractivity contribution is 0.378. The number of halogens is 2. The van der Waals surface area contributed by atoms with Crippen molar-refractivity contribution < 1.29 is 14.2 Å². The largest absolute Gasteiger partial charge is 0.497 e. The van der Waals surface area contributed by atoms with Gasteiger partial charge in [-0.1, -0.05) is 74.0 Å². The highest BCUT2D eigenvalue weighted by Gasteiger charge is 1.93. The Morgan fingerprint density at radius 1 is 0.436 bits per heavy atom. The number of aromatic amines is 1. The predicted octanol–water partition coefficient (Wildman–Crippen LogP) is 11.5. The Hall–Kier alpha value is -9.72. The first kappa shape index (κ1) is 60.8. The van der Waals surface area contributed by atoms with E-state index in [1.807, 2.05) is 98.4 Å². The van der Waals surface area contributed by atoms with Gasteiger partial charge in [-0.05, 0) is 113 Å². The van der Waals surface area contributed by atoms with Gasteiger partial charge in [0, 0.05) is 77.9 Å². The molecule has 0 amide bonds. The molecule has 0 aliphatic heterocycles. The molecule has 21 heteroatoms. The number of hydrogen-bond acceptors (Lipinski definition) is 18. The number of rotatable bonds is 5. The number of nitrogens with zero attached hydrogens (tertiary/aromatic N) is 14. The van der Waals surface area contributed by atoms with E-state index in [0.29, 0.717) is 17.0 Å². The van der Waals surface area contributed by atoms with Gasteiger partial charge in [-0.2, -0.15) is 9.97 Å². The summed E-state index contributed by atoms with van der Waals surface area (Å²) >= 11 is 11.1. The van der Waals surface area contributed by atoms with Crippen molar-refractivity contribution in [1.82, 2.24) is 74.8 Å². The number of anilines is 1. The van der Waals surface area contributed by atoms with Gasteiger partial charge in [-0.3, -0.25) is 19.9 Å². The summed E-state index contributed by atoms with van der Waals surface area (Å²) in [7, 11) is 4.72. The lowest BCUT2D eigenvalue weighted by atomic mass is 10.2. The van der Waals surface area contributed by atoms with Crippen LogP contribution in [0.4, 0.5) is 5.69 Å². The number of H-pyrrole nitrogens is 1. The summed E-state index contributed by atoms with van der Waals surface area (Å²) in [5, 5.41) is 5.95. The molecular formula is C57H58Cl2N16O3. The molecule has 3 N–H and O–H groups in total. The summed E-state index contributed by atoms with van der Waals surface area (Å²) in [5.41, 5.74) is 10.1. The maximum absolute atomic E-state index is 5.61. The third kappa shape index (κ3) is 25.5. The Morgan fingerprint density at radius 3 is 1.42 bits per heavy atom. The fraction of sp³-hybridized carbons (Fsp3) is 0.123. The van der Waals surface area contributed by atoms with E-state index < -0.39 is 0 Å². The van der Waals surface area contributed by atoms with Gasteiger partial charge in [-0.15, -0.1) is 0 Å². The van der Waals surface area contributed by atoms with Gasteiger partial charge in [-0.25, -0.2) is 39.9 Å². The Balaban J connectivity index is 0.000000190. The molecule has 398 valence electrons. The van der Waals surface area contributed by atoms with Gasteiger partial charge >= 0.3 is 6.01 Å². The number of hydrogen-bond donors (Lipinski definition) is 2. The van der Waals surface area contributed by atoms with Crippen LogP contribution < -0.4 is 19.9 Å². The van der Waals surface area contributed by atoms with Crippen LogP contribution >= 0.6 is 23.2 Å². The van der Waals surface area contributed by atoms with Crippen LogP contribution in [0.1, 0.15) is 25.2 Å². The van der Waals surface area contributed by atoms with Gasteiger partial charge in [0.25, 0.3) is 0 Å². The molecule has 0 saturated carbocycles. The molecule has 19 nitrogen and oxygen atoms in total. The highest BCUT2D eigenvalue weighted by molar-refractivity contribution is 6.30. The predicted molar refractivity (Wildman–Crippen MR) is 307 cm³/mol. The minimum atomic E-state index is 0.328. The summed E-state index contributed by atoms with van der Waals surface area (Å²) in [6.07, 6.45) is 30.1. The monoisotopic (exact) mass is 1080 g/mol. The molecule has 3 aromatic carbocycles. The number of fused-ring (bicyclic) bond motifs is 3. The second-order valence-electron chi connectivity index (χ2n) is 14.8. The van der Waals surface area contributed by atoms with E-state index in [1.54, 1.807) is 101 Å². The Labute approximate surface area is 462 Å². The zero-order valence-electron chi connectivity index (χ0n) is 43.5. The first-order valence-corrected chi connectivity index (χ1v) is 24.4. The summed E-state index contributed by atoms with van der Waals surface area (Å²) < 4.78 is 14.4. The number of aryl methyl sites for hydroxylation is 2. The maximum Gasteiger partial charge on any atom is 0.319 e. The summed E-state index contributed by atoms with van der Waals surface area (Å²) in [4.78, 5) is 56.5. The van der Waals surface area contributed by atoms with Gasteiger partial charge < -0.3 is 24.9 Å². The number of benzene rings is 3. The van der Waals surface area contributed by atoms with Crippen molar-refractivity contribution in [3.8, 4) is 17.5 Å². The van der Waals surface area contributed by atoms with Crippen LogP contribution in [0.15, 0.2) is 221 Å². The minimum Gasteiger partial charge on any atom is -0.497 e. The number of nitrogens with one attached hydrogen (secondary N) is 1. The third-order valence-corrected chi connectivity index (χ3v) is 9.99. The van der Waals surface area contributed by atoms with Gasteiger partial charge in [0.15, 0.2) is 5.75 Å². The van der Waals surface area contributed by atoms with Gasteiger partial charge in [0.1, 0.15) is 31.1 Å². The first-order valence-electron chi connectivity index (χ1n) is 23.7. The highest BCUT2D eigenvalue weighted by atomic mass is 35.5. The zero-order chi connectivity index (χ0) is 55.7. The standard InChI is InChI=1S/2C9H7N.C7H7ClO.C6H7ClN2.C6H5N3.C6H8N2.C5H6N2O.C5H6N2.C4H5N3O/c2*1-2-4-9-7-10-6-5-8(9)3-1;1-9-7-4-2-6(8)3-5-7;1-2-5-3-4-8-6(7)9-5;1-2-7-3-6-5(1)8-4-9-6;1-2-6-3-4-7-5-8-6;1-8-5-2-6-4-7-3-5;6-5-1-3-7-4-2-5;1-8-4-6-2-5-3-7-4/h2*1-7H;2-5H,1H3;3-4H,2H2,1H3;1-4H,(H,8,9);3-5H,2H2,1H3;2-4H,1H3;1-4H,(H2,6,7);2-3H,1H3. The van der Waals surface area contributed by atoms with E-state index in [4.69, 9.17) is 38.4 Å². The van der Waals surface area contributed by atoms with Crippen molar-refractivity contribution in [2.75, 3.05) is 27.1 Å². The minimum absolute atomic E-state index is 0.328. The number of imidazole rings is 1. The van der Waals surface area contributed by atoms with Crippen molar-refractivity contribution in [1.29, 1.82) is 0 Å². The fourth-order valence-corrected chi connectivity index (χ4v) is 5.88. The van der Waals surface area contributed by atoms with Gasteiger partial charge in [0.05, 0.1) is 57.3 Å². The average Bonchev–Trinajstić information content (AvgIpc) is 4.01. The highest BCUT2D eigenvalue weighted by Crippen LogP contribution is 2.14. The molecule has 0 fully saturated rings. The normalized spacial score (nSPS) is 9.37. The molecule has 0 aliphatic carbocycles. The van der Waals surface area contributed by atoms with Crippen molar-refractivity contribution >= 4 is 61.5 Å². The van der Waals surface area contributed by atoms with Crippen LogP contribution in [0.3, 0.4) is 0 Å². The lowest BCUT2D eigenvalue weighted by Crippen LogP contribution is -1.89. The molecule has 0 spiro atoms. The van der Waals surface area contributed by atoms with E-state index in [2.05, 4.69) is 111 Å². The molecule has 0 radical (unpaired) electrons. The topological polar surface area (TPSA) is 250 Å². The van der Waals surface area contributed by atoms with Crippen molar-refractivity contribution in [2.45, 2.75) is 26.7 Å². The van der Waals surface area contributed by atoms with Crippen LogP contribution in [-0.4, -0.2) is 96.1 Å². The number of nitrogen functional groups attached to an aromatic ring is 1. The quantitative estimate of drug-likeness (QED) is 0.152. The number of pyridine rings is 4. The number of aromatic nitrogens is 15. The second-order valence-corrected chi connectivity index (χ2v) is 15.6. The van der Waals surface area contributed by atoms with Crippen LogP contribution in [0.2, 0.25) is 10.3 Å².